The Labute approximate surface area is 160 Å². The molecule has 5 heteroatoms. The minimum absolute atomic E-state index is 0.0563. The molecule has 1 saturated carbocycles. The van der Waals surface area contributed by atoms with Crippen LogP contribution in [0.5, 0.6) is 11.5 Å². The normalized spacial score (nSPS) is 41.7. The first kappa shape index (κ1) is 17.5. The number of carbonyl (C=O) groups is 1. The Morgan fingerprint density at radius 3 is 2.85 bits per heavy atom. The first-order valence-electron chi connectivity index (χ1n) is 10.4. The molecule has 5 nitrogen and oxygen atoms in total. The van der Waals surface area contributed by atoms with Crippen LogP contribution in [-0.4, -0.2) is 58.9 Å². The number of likely N-dealkylation sites (tertiary alicyclic amines) is 1. The van der Waals surface area contributed by atoms with E-state index in [9.17, 15) is 15.0 Å². The monoisotopic (exact) mass is 372 g/mol. The van der Waals surface area contributed by atoms with Crippen LogP contribution in [-0.2, 0) is 16.6 Å². The van der Waals surface area contributed by atoms with Crippen molar-refractivity contribution in [2.75, 3.05) is 20.1 Å². The van der Waals surface area contributed by atoms with Crippen molar-refractivity contribution in [1.82, 2.24) is 0 Å². The molecule has 146 valence electrons. The quantitative estimate of drug-likeness (QED) is 0.615. The zero-order chi connectivity index (χ0) is 19.0. The predicted octanol–water partition coefficient (Wildman–Crippen LogP) is 2.31. The summed E-state index contributed by atoms with van der Waals surface area (Å²) < 4.78 is 7.05. The third-order valence-corrected chi connectivity index (χ3v) is 8.18. The van der Waals surface area contributed by atoms with Gasteiger partial charge in [0.05, 0.1) is 25.6 Å². The number of phenols is 1. The summed E-state index contributed by atoms with van der Waals surface area (Å²) >= 11 is 0. The minimum atomic E-state index is -0.999. The summed E-state index contributed by atoms with van der Waals surface area (Å²) in [6, 6.07) is 3.81. The molecule has 2 heterocycles. The van der Waals surface area contributed by atoms with Crippen LogP contribution in [0.4, 0.5) is 0 Å². The molecular weight excluding hydrogens is 342 g/mol. The number of phenolic OH excluding ortho intramolecular Hbond substituents is 1. The van der Waals surface area contributed by atoms with Crippen molar-refractivity contribution in [3.8, 4) is 11.5 Å². The van der Waals surface area contributed by atoms with Crippen molar-refractivity contribution >= 4 is 6.29 Å². The maximum atomic E-state index is 12.3. The highest BCUT2D eigenvalue weighted by Crippen LogP contribution is 2.64. The number of quaternary nitrogens is 1. The molecule has 1 spiro atoms. The van der Waals surface area contributed by atoms with E-state index in [1.165, 1.54) is 18.4 Å². The van der Waals surface area contributed by atoms with E-state index < -0.39 is 11.0 Å². The highest BCUT2D eigenvalue weighted by Gasteiger charge is 2.72. The number of piperidine rings is 1. The third-order valence-electron chi connectivity index (χ3n) is 8.18. The van der Waals surface area contributed by atoms with Crippen LogP contribution in [0.1, 0.15) is 50.2 Å². The van der Waals surface area contributed by atoms with Crippen molar-refractivity contribution in [1.29, 1.82) is 0 Å². The molecule has 1 saturated heterocycles. The maximum Gasteiger partial charge on any atom is 0.165 e. The lowest BCUT2D eigenvalue weighted by Gasteiger charge is -2.63. The Bertz CT molecular complexity index is 806. The lowest BCUT2D eigenvalue weighted by molar-refractivity contribution is -0.950. The summed E-state index contributed by atoms with van der Waals surface area (Å²) in [6.07, 6.45) is 5.73. The molecule has 0 radical (unpaired) electrons. The molecule has 5 rings (SSSR count). The Balaban J connectivity index is 1.71. The molecule has 3 unspecified atom stereocenters. The molecule has 4 aliphatic rings. The van der Waals surface area contributed by atoms with E-state index in [4.69, 9.17) is 4.74 Å². The summed E-state index contributed by atoms with van der Waals surface area (Å²) in [5, 5.41) is 22.7. The van der Waals surface area contributed by atoms with Gasteiger partial charge in [-0.1, -0.05) is 6.07 Å². The first-order chi connectivity index (χ1) is 12.9. The van der Waals surface area contributed by atoms with Crippen LogP contribution in [0.15, 0.2) is 12.1 Å². The fraction of sp³-hybridized carbons (Fsp3) is 0.682. The molecule has 2 N–H and O–H groups in total. The fourth-order valence-corrected chi connectivity index (χ4v) is 6.76. The number of aliphatic hydroxyl groups is 1. The largest absolute Gasteiger partial charge is 0.504 e. The number of benzene rings is 1. The van der Waals surface area contributed by atoms with Gasteiger partial charge in [0.25, 0.3) is 0 Å². The molecule has 27 heavy (non-hydrogen) atoms. The Morgan fingerprint density at radius 1 is 1.37 bits per heavy atom. The van der Waals surface area contributed by atoms with E-state index in [1.54, 1.807) is 6.07 Å². The van der Waals surface area contributed by atoms with Gasteiger partial charge >= 0.3 is 0 Å². The average Bonchev–Trinajstić information content (AvgIpc) is 3.37. The van der Waals surface area contributed by atoms with Crippen LogP contribution < -0.4 is 4.74 Å². The van der Waals surface area contributed by atoms with E-state index in [2.05, 4.69) is 7.05 Å². The SMILES string of the molecule is CC1Oc2c(O)ccc3c2[C@@]12CC[N@@+](C)(CC1CC1)C(C3)C2(O)CCC=O. The van der Waals surface area contributed by atoms with Crippen molar-refractivity contribution in [3.63, 3.8) is 0 Å². The van der Waals surface area contributed by atoms with E-state index in [0.717, 1.165) is 48.2 Å². The van der Waals surface area contributed by atoms with Crippen LogP contribution in [0, 0.1) is 5.92 Å². The lowest BCUT2D eigenvalue weighted by atomic mass is 9.51. The van der Waals surface area contributed by atoms with Gasteiger partial charge in [-0.05, 0) is 37.8 Å². The van der Waals surface area contributed by atoms with Gasteiger partial charge in [0.2, 0.25) is 0 Å². The van der Waals surface area contributed by atoms with Gasteiger partial charge in [0.15, 0.2) is 11.5 Å². The number of hydrogen-bond donors (Lipinski definition) is 2. The highest BCUT2D eigenvalue weighted by molar-refractivity contribution is 5.61. The summed E-state index contributed by atoms with van der Waals surface area (Å²) in [5.41, 5.74) is 0.676. The summed E-state index contributed by atoms with van der Waals surface area (Å²) in [5.74, 6) is 1.49. The molecule has 2 aliphatic heterocycles. The second-order valence-corrected chi connectivity index (χ2v) is 9.61. The number of aldehydes is 1. The van der Waals surface area contributed by atoms with Crippen molar-refractivity contribution in [2.45, 2.75) is 68.6 Å². The molecule has 5 atom stereocenters. The Hall–Kier alpha value is -1.59. The van der Waals surface area contributed by atoms with Gasteiger partial charge in [0, 0.05) is 30.7 Å². The van der Waals surface area contributed by atoms with E-state index in [-0.39, 0.29) is 17.9 Å². The smallest absolute Gasteiger partial charge is 0.165 e. The van der Waals surface area contributed by atoms with Gasteiger partial charge in [-0.25, -0.2) is 0 Å². The number of hydrogen-bond acceptors (Lipinski definition) is 4. The van der Waals surface area contributed by atoms with E-state index in [1.807, 2.05) is 13.0 Å². The number of fused-ring (bicyclic) bond motifs is 1. The third kappa shape index (κ3) is 2.10. The molecular formula is C22H30NO4+. The van der Waals surface area contributed by atoms with Gasteiger partial charge in [-0.15, -0.1) is 0 Å². The number of nitrogens with zero attached hydrogens (tertiary/aromatic N) is 1. The predicted molar refractivity (Wildman–Crippen MR) is 101 cm³/mol. The lowest BCUT2D eigenvalue weighted by Crippen LogP contribution is -2.78. The van der Waals surface area contributed by atoms with Crippen molar-refractivity contribution in [3.05, 3.63) is 23.3 Å². The summed E-state index contributed by atoms with van der Waals surface area (Å²) in [6.45, 7) is 4.14. The number of ether oxygens (including phenoxy) is 1. The van der Waals surface area contributed by atoms with E-state index >= 15 is 0 Å². The fourth-order valence-electron chi connectivity index (χ4n) is 6.76. The minimum Gasteiger partial charge on any atom is -0.504 e. The molecule has 1 aromatic carbocycles. The van der Waals surface area contributed by atoms with Crippen LogP contribution in [0.2, 0.25) is 0 Å². The standard InChI is InChI=1S/C22H29NO4/c1-14-21-9-10-23(2,13-15-4-5-15)18(22(21,26)8-3-11-24)12-16-6-7-17(25)20(27-14)19(16)21/h6-7,11,14-15,18,26H,3-5,8-10,12-13H2,1-2H3/p+1/t14?,18?,21-,22?,23+/m1/s1. The van der Waals surface area contributed by atoms with Crippen LogP contribution in [0.25, 0.3) is 0 Å². The highest BCUT2D eigenvalue weighted by atomic mass is 16.5. The van der Waals surface area contributed by atoms with Crippen molar-refractivity contribution < 1.29 is 24.2 Å². The van der Waals surface area contributed by atoms with Gasteiger partial charge in [-0.2, -0.15) is 0 Å². The van der Waals surface area contributed by atoms with Crippen LogP contribution >= 0.6 is 0 Å². The zero-order valence-electron chi connectivity index (χ0n) is 16.3. The Morgan fingerprint density at radius 2 is 2.15 bits per heavy atom. The van der Waals surface area contributed by atoms with Gasteiger partial charge in [-0.3, -0.25) is 0 Å². The Kier molecular flexibility index (Phi) is 3.55. The first-order valence-corrected chi connectivity index (χ1v) is 10.4. The second-order valence-electron chi connectivity index (χ2n) is 9.61. The zero-order valence-corrected chi connectivity index (χ0v) is 16.3. The maximum absolute atomic E-state index is 12.3. The molecule has 0 amide bonds. The number of aromatic hydroxyl groups is 1. The van der Waals surface area contributed by atoms with Gasteiger partial charge < -0.3 is 24.2 Å². The summed E-state index contributed by atoms with van der Waals surface area (Å²) in [7, 11) is 2.30. The average molecular weight is 372 g/mol. The van der Waals surface area contributed by atoms with Crippen LogP contribution in [0.3, 0.4) is 0 Å². The van der Waals surface area contributed by atoms with E-state index in [0.29, 0.717) is 18.6 Å². The number of likely N-dealkylation sites (N-methyl/N-ethyl adjacent to an activating group) is 1. The molecule has 1 aromatic rings. The topological polar surface area (TPSA) is 66.8 Å². The number of rotatable bonds is 5. The molecule has 2 bridgehead atoms. The molecule has 2 aliphatic carbocycles. The van der Waals surface area contributed by atoms with Crippen molar-refractivity contribution in [2.24, 2.45) is 5.92 Å². The number of carbonyl (C=O) groups excluding carboxylic acids is 1. The summed E-state index contributed by atoms with van der Waals surface area (Å²) in [4.78, 5) is 11.3. The second kappa shape index (κ2) is 5.48. The van der Waals surface area contributed by atoms with Gasteiger partial charge in [0.1, 0.15) is 24.0 Å². The molecule has 0 aromatic heterocycles. The molecule has 2 fully saturated rings.